The summed E-state index contributed by atoms with van der Waals surface area (Å²) in [5.74, 6) is -0.0120. The van der Waals surface area contributed by atoms with E-state index in [0.29, 0.717) is 11.6 Å². The molecule has 1 fully saturated rings. The summed E-state index contributed by atoms with van der Waals surface area (Å²) < 4.78 is 3.53. The van der Waals surface area contributed by atoms with Crippen LogP contribution in [0.3, 0.4) is 0 Å². The van der Waals surface area contributed by atoms with Gasteiger partial charge in [0, 0.05) is 53.9 Å². The van der Waals surface area contributed by atoms with Crippen LogP contribution in [0.2, 0.25) is 0 Å². The molecule has 0 bridgehead atoms. The number of nitrogens with zero attached hydrogens (tertiary/aromatic N) is 5. The molecule has 0 spiro atoms. The summed E-state index contributed by atoms with van der Waals surface area (Å²) >= 11 is 0. The smallest absolute Gasteiger partial charge is 0.251 e. The van der Waals surface area contributed by atoms with Crippen molar-refractivity contribution >= 4 is 11.6 Å². The zero-order valence-electron chi connectivity index (χ0n) is 16.2. The first kappa shape index (κ1) is 17.6. The Kier molecular flexibility index (Phi) is 4.35. The normalized spacial score (nSPS) is 14.5. The molecule has 0 aliphatic heterocycles. The number of rotatable bonds is 4. The lowest BCUT2D eigenvalue weighted by atomic mass is 10.0. The first-order valence-electron chi connectivity index (χ1n) is 9.91. The van der Waals surface area contributed by atoms with E-state index in [4.69, 9.17) is 0 Å². The van der Waals surface area contributed by atoms with Crippen molar-refractivity contribution in [2.75, 3.05) is 0 Å². The summed E-state index contributed by atoms with van der Waals surface area (Å²) in [6.07, 6.45) is 13.8. The molecule has 1 saturated carbocycles. The van der Waals surface area contributed by atoms with E-state index in [0.717, 1.165) is 40.7 Å². The molecule has 29 heavy (non-hydrogen) atoms. The molecule has 1 aromatic carbocycles. The monoisotopic (exact) mass is 386 g/mol. The highest BCUT2D eigenvalue weighted by Crippen LogP contribution is 2.26. The molecule has 4 aromatic rings. The second-order valence-electron chi connectivity index (χ2n) is 7.61. The predicted octanol–water partition coefficient (Wildman–Crippen LogP) is 3.47. The number of carbonyl (C=O) groups is 1. The van der Waals surface area contributed by atoms with E-state index in [2.05, 4.69) is 20.5 Å². The zero-order chi connectivity index (χ0) is 19.8. The number of carbonyl (C=O) groups excluding carboxylic acids is 1. The minimum Gasteiger partial charge on any atom is -0.349 e. The summed E-state index contributed by atoms with van der Waals surface area (Å²) in [6, 6.07) is 7.97. The predicted molar refractivity (Wildman–Crippen MR) is 110 cm³/mol. The summed E-state index contributed by atoms with van der Waals surface area (Å²) in [5, 5.41) is 11.8. The van der Waals surface area contributed by atoms with Crippen molar-refractivity contribution in [3.8, 4) is 22.3 Å². The molecule has 7 nitrogen and oxygen atoms in total. The van der Waals surface area contributed by atoms with Gasteiger partial charge >= 0.3 is 0 Å². The van der Waals surface area contributed by atoms with Gasteiger partial charge in [-0.15, -0.1) is 0 Å². The molecule has 1 aliphatic rings. The van der Waals surface area contributed by atoms with Gasteiger partial charge in [-0.05, 0) is 30.5 Å². The van der Waals surface area contributed by atoms with Crippen LogP contribution in [0.1, 0.15) is 36.0 Å². The van der Waals surface area contributed by atoms with E-state index in [1.165, 1.54) is 12.8 Å². The van der Waals surface area contributed by atoms with Crippen molar-refractivity contribution in [1.82, 2.24) is 29.7 Å². The maximum absolute atomic E-state index is 12.6. The Labute approximate surface area is 168 Å². The standard InChI is InChI=1S/C22H22N6O/c1-27-13-18(11-24-27)17-10-23-21-20(12-25-28(21)14-17)15-5-4-6-16(9-15)22(29)26-19-7-2-3-8-19/h4-6,9-14,19H,2-3,7-8H2,1H3,(H,26,29). The van der Waals surface area contributed by atoms with Gasteiger partial charge in [0.05, 0.1) is 12.4 Å². The first-order chi connectivity index (χ1) is 14.2. The van der Waals surface area contributed by atoms with Gasteiger partial charge in [-0.1, -0.05) is 25.0 Å². The Bertz CT molecular complexity index is 1180. The van der Waals surface area contributed by atoms with E-state index in [1.807, 2.05) is 49.9 Å². The van der Waals surface area contributed by atoms with Gasteiger partial charge in [-0.2, -0.15) is 10.2 Å². The molecule has 0 radical (unpaired) electrons. The number of amides is 1. The maximum Gasteiger partial charge on any atom is 0.251 e. The Morgan fingerprint density at radius 3 is 2.66 bits per heavy atom. The fourth-order valence-corrected chi connectivity index (χ4v) is 3.96. The SMILES string of the molecule is Cn1cc(-c2cnc3c(-c4cccc(C(=O)NC5CCCC5)c4)cnn3c2)cn1. The van der Waals surface area contributed by atoms with E-state index >= 15 is 0 Å². The minimum atomic E-state index is -0.0120. The molecule has 3 heterocycles. The average Bonchev–Trinajstić information content (AvgIpc) is 3.48. The number of nitrogens with one attached hydrogen (secondary N) is 1. The quantitative estimate of drug-likeness (QED) is 0.583. The summed E-state index contributed by atoms with van der Waals surface area (Å²) in [7, 11) is 1.89. The van der Waals surface area contributed by atoms with Crippen LogP contribution in [-0.2, 0) is 7.05 Å². The number of hydrogen-bond donors (Lipinski definition) is 1. The lowest BCUT2D eigenvalue weighted by molar-refractivity contribution is 0.0938. The largest absolute Gasteiger partial charge is 0.349 e. The van der Waals surface area contributed by atoms with E-state index in [9.17, 15) is 4.79 Å². The average molecular weight is 386 g/mol. The Morgan fingerprint density at radius 2 is 1.86 bits per heavy atom. The molecule has 0 saturated heterocycles. The van der Waals surface area contributed by atoms with Crippen molar-refractivity contribution < 1.29 is 4.79 Å². The third kappa shape index (κ3) is 3.40. The minimum absolute atomic E-state index is 0.0120. The van der Waals surface area contributed by atoms with Crippen LogP contribution < -0.4 is 5.32 Å². The van der Waals surface area contributed by atoms with Crippen LogP contribution in [0.25, 0.3) is 27.9 Å². The molecular formula is C22H22N6O. The Morgan fingerprint density at radius 1 is 1.03 bits per heavy atom. The fourth-order valence-electron chi connectivity index (χ4n) is 3.96. The van der Waals surface area contributed by atoms with Gasteiger partial charge in [-0.3, -0.25) is 9.48 Å². The van der Waals surface area contributed by atoms with E-state index < -0.39 is 0 Å². The summed E-state index contributed by atoms with van der Waals surface area (Å²) in [6.45, 7) is 0. The highest BCUT2D eigenvalue weighted by molar-refractivity contribution is 5.96. The van der Waals surface area contributed by atoms with Crippen molar-refractivity contribution in [3.63, 3.8) is 0 Å². The topological polar surface area (TPSA) is 77.1 Å². The van der Waals surface area contributed by atoms with E-state index in [-0.39, 0.29) is 5.91 Å². The highest BCUT2D eigenvalue weighted by atomic mass is 16.1. The van der Waals surface area contributed by atoms with Crippen LogP contribution in [-0.4, -0.2) is 36.3 Å². The summed E-state index contributed by atoms with van der Waals surface area (Å²) in [4.78, 5) is 17.3. The van der Waals surface area contributed by atoms with Crippen LogP contribution in [0.15, 0.2) is 55.2 Å². The van der Waals surface area contributed by atoms with Crippen LogP contribution >= 0.6 is 0 Å². The zero-order valence-corrected chi connectivity index (χ0v) is 16.2. The number of fused-ring (bicyclic) bond motifs is 1. The molecule has 0 unspecified atom stereocenters. The van der Waals surface area contributed by atoms with Gasteiger partial charge in [0.1, 0.15) is 0 Å². The second-order valence-corrected chi connectivity index (χ2v) is 7.61. The summed E-state index contributed by atoms with van der Waals surface area (Å²) in [5.41, 5.74) is 5.19. The molecule has 7 heteroatoms. The molecule has 146 valence electrons. The third-order valence-electron chi connectivity index (χ3n) is 5.52. The Balaban J connectivity index is 1.45. The van der Waals surface area contributed by atoms with Gasteiger partial charge in [-0.25, -0.2) is 9.50 Å². The number of hydrogen-bond acceptors (Lipinski definition) is 4. The van der Waals surface area contributed by atoms with Gasteiger partial charge in [0.25, 0.3) is 5.91 Å². The van der Waals surface area contributed by atoms with E-state index in [1.54, 1.807) is 21.6 Å². The molecule has 1 amide bonds. The second kappa shape index (κ2) is 7.16. The molecule has 5 rings (SSSR count). The van der Waals surface area contributed by atoms with Crippen LogP contribution in [0.5, 0.6) is 0 Å². The molecule has 0 atom stereocenters. The fraction of sp³-hybridized carbons (Fsp3) is 0.273. The molecule has 3 aromatic heterocycles. The van der Waals surface area contributed by atoms with Crippen LogP contribution in [0.4, 0.5) is 0 Å². The first-order valence-corrected chi connectivity index (χ1v) is 9.91. The van der Waals surface area contributed by atoms with Crippen molar-refractivity contribution in [2.45, 2.75) is 31.7 Å². The van der Waals surface area contributed by atoms with Crippen molar-refractivity contribution in [1.29, 1.82) is 0 Å². The van der Waals surface area contributed by atoms with Crippen molar-refractivity contribution in [3.05, 3.63) is 60.8 Å². The van der Waals surface area contributed by atoms with Crippen LogP contribution in [0, 0.1) is 0 Å². The van der Waals surface area contributed by atoms with Crippen molar-refractivity contribution in [2.24, 2.45) is 7.05 Å². The van der Waals surface area contributed by atoms with Gasteiger partial charge in [0.2, 0.25) is 0 Å². The Hall–Kier alpha value is -3.48. The molecule has 1 N–H and O–H groups in total. The number of aromatic nitrogens is 5. The number of benzene rings is 1. The highest BCUT2D eigenvalue weighted by Gasteiger charge is 2.18. The van der Waals surface area contributed by atoms with Gasteiger partial charge in [0.15, 0.2) is 5.65 Å². The molecule has 1 aliphatic carbocycles. The van der Waals surface area contributed by atoms with Gasteiger partial charge < -0.3 is 5.32 Å². The number of aryl methyl sites for hydroxylation is 1. The maximum atomic E-state index is 12.6. The lowest BCUT2D eigenvalue weighted by Crippen LogP contribution is -2.32. The lowest BCUT2D eigenvalue weighted by Gasteiger charge is -2.12. The third-order valence-corrected chi connectivity index (χ3v) is 5.52. The molecular weight excluding hydrogens is 364 g/mol.